The molecule has 0 aromatic heterocycles. The predicted octanol–water partition coefficient (Wildman–Crippen LogP) is 5.32. The van der Waals surface area contributed by atoms with Gasteiger partial charge in [0.25, 0.3) is 0 Å². The summed E-state index contributed by atoms with van der Waals surface area (Å²) in [7, 11) is 0. The van der Waals surface area contributed by atoms with E-state index in [9.17, 15) is 0 Å². The van der Waals surface area contributed by atoms with Gasteiger partial charge in [-0.05, 0) is 42.9 Å². The second kappa shape index (κ2) is 4.47. The van der Waals surface area contributed by atoms with Crippen LogP contribution in [0.25, 0.3) is 0 Å². The highest BCUT2D eigenvalue weighted by Crippen LogP contribution is 2.62. The molecule has 0 bridgehead atoms. The molecule has 2 aliphatic rings. The Kier molecular flexibility index (Phi) is 3.42. The van der Waals surface area contributed by atoms with Crippen molar-refractivity contribution < 1.29 is 0 Å². The molecule has 2 saturated carbocycles. The van der Waals surface area contributed by atoms with Gasteiger partial charge in [0.15, 0.2) is 0 Å². The molecule has 0 amide bonds. The third-order valence-electron chi connectivity index (χ3n) is 5.56. The zero-order chi connectivity index (χ0) is 10.8. The molecule has 0 spiro atoms. The molecule has 0 radical (unpaired) electrons. The minimum atomic E-state index is 0.735. The Morgan fingerprint density at radius 1 is 0.867 bits per heavy atom. The van der Waals surface area contributed by atoms with Crippen molar-refractivity contribution in [3.05, 3.63) is 0 Å². The Bertz CT molecular complexity index is 208. The van der Waals surface area contributed by atoms with Crippen molar-refractivity contribution in [2.75, 3.05) is 0 Å². The van der Waals surface area contributed by atoms with Crippen LogP contribution in [0.3, 0.4) is 0 Å². The normalized spacial score (nSPS) is 40.4. The lowest BCUT2D eigenvalue weighted by molar-refractivity contribution is 0.0225. The fourth-order valence-electron chi connectivity index (χ4n) is 4.44. The fraction of sp³-hybridized carbons (Fsp3) is 1.00. The predicted molar refractivity (Wildman–Crippen MR) is 67.0 cm³/mol. The van der Waals surface area contributed by atoms with Crippen molar-refractivity contribution in [1.82, 2.24) is 0 Å². The van der Waals surface area contributed by atoms with E-state index in [1.165, 1.54) is 57.8 Å². The smallest absolute Gasteiger partial charge is 0.0244 e. The third kappa shape index (κ3) is 1.97. The van der Waals surface area contributed by atoms with Crippen molar-refractivity contribution >= 4 is 0 Å². The summed E-state index contributed by atoms with van der Waals surface area (Å²) < 4.78 is 0. The van der Waals surface area contributed by atoms with Crippen LogP contribution in [0.5, 0.6) is 0 Å². The van der Waals surface area contributed by atoms with E-state index in [-0.39, 0.29) is 0 Å². The van der Waals surface area contributed by atoms with Crippen molar-refractivity contribution in [2.45, 2.75) is 84.5 Å². The summed E-state index contributed by atoms with van der Waals surface area (Å²) in [5.41, 5.74) is 1.51. The molecular formula is C15H28. The molecule has 15 heavy (non-hydrogen) atoms. The zero-order valence-corrected chi connectivity index (χ0v) is 10.8. The molecule has 0 aliphatic heterocycles. The molecule has 0 nitrogen and oxygen atoms in total. The van der Waals surface area contributed by atoms with E-state index in [0.29, 0.717) is 0 Å². The Balaban J connectivity index is 2.01. The lowest BCUT2D eigenvalue weighted by atomic mass is 9.57. The summed E-state index contributed by atoms with van der Waals surface area (Å²) in [6.07, 6.45) is 16.6. The van der Waals surface area contributed by atoms with E-state index in [1.807, 2.05) is 0 Å². The van der Waals surface area contributed by atoms with Crippen LogP contribution in [0.15, 0.2) is 0 Å². The molecule has 2 rings (SSSR count). The zero-order valence-electron chi connectivity index (χ0n) is 10.8. The Labute approximate surface area is 95.8 Å². The van der Waals surface area contributed by atoms with Crippen LogP contribution < -0.4 is 0 Å². The summed E-state index contributed by atoms with van der Waals surface area (Å²) >= 11 is 0. The molecule has 0 heteroatoms. The van der Waals surface area contributed by atoms with E-state index in [0.717, 1.165) is 10.8 Å². The van der Waals surface area contributed by atoms with E-state index >= 15 is 0 Å². The van der Waals surface area contributed by atoms with Crippen LogP contribution >= 0.6 is 0 Å². The van der Waals surface area contributed by atoms with Crippen LogP contribution in [-0.4, -0.2) is 0 Å². The lowest BCUT2D eigenvalue weighted by Crippen LogP contribution is -2.38. The second-order valence-electron chi connectivity index (χ2n) is 6.36. The van der Waals surface area contributed by atoms with Crippen molar-refractivity contribution in [3.63, 3.8) is 0 Å². The van der Waals surface area contributed by atoms with Gasteiger partial charge in [0.05, 0.1) is 0 Å². The van der Waals surface area contributed by atoms with Gasteiger partial charge in [0.1, 0.15) is 0 Å². The van der Waals surface area contributed by atoms with E-state index < -0.39 is 0 Å². The molecule has 0 aromatic carbocycles. The number of fused-ring (bicyclic) bond motifs is 1. The molecule has 2 atom stereocenters. The molecule has 2 aliphatic carbocycles. The molecule has 0 N–H and O–H groups in total. The number of unbranched alkanes of at least 4 members (excludes halogenated alkanes) is 2. The highest BCUT2D eigenvalue weighted by Gasteiger charge is 2.51. The summed E-state index contributed by atoms with van der Waals surface area (Å²) in [6.45, 7) is 4.93. The van der Waals surface area contributed by atoms with E-state index in [4.69, 9.17) is 0 Å². The van der Waals surface area contributed by atoms with Gasteiger partial charge in [-0.3, -0.25) is 0 Å². The van der Waals surface area contributed by atoms with Gasteiger partial charge in [-0.25, -0.2) is 0 Å². The molecule has 0 heterocycles. The first-order chi connectivity index (χ1) is 7.22. The molecular weight excluding hydrogens is 180 g/mol. The van der Waals surface area contributed by atoms with Crippen LogP contribution in [0.2, 0.25) is 0 Å². The van der Waals surface area contributed by atoms with Gasteiger partial charge < -0.3 is 0 Å². The molecule has 1 unspecified atom stereocenters. The van der Waals surface area contributed by atoms with Gasteiger partial charge in [0, 0.05) is 0 Å². The Morgan fingerprint density at radius 3 is 2.33 bits per heavy atom. The maximum Gasteiger partial charge on any atom is -0.0244 e. The van der Waals surface area contributed by atoms with E-state index in [2.05, 4.69) is 13.8 Å². The van der Waals surface area contributed by atoms with Crippen molar-refractivity contribution in [1.29, 1.82) is 0 Å². The lowest BCUT2D eigenvalue weighted by Gasteiger charge is -2.48. The van der Waals surface area contributed by atoms with Crippen molar-refractivity contribution in [3.8, 4) is 0 Å². The quantitative estimate of drug-likeness (QED) is 0.549. The first-order valence-corrected chi connectivity index (χ1v) is 7.22. The van der Waals surface area contributed by atoms with Gasteiger partial charge in [-0.1, -0.05) is 52.4 Å². The standard InChI is InChI=1S/C15H28/c1-3-4-5-11-15-12-7-6-9-14(15,2)10-8-13-15/h3-13H2,1-2H3/t14-,15?/m1/s1. The summed E-state index contributed by atoms with van der Waals surface area (Å²) in [5.74, 6) is 0. The SMILES string of the molecule is CCCCCC12CCCC[C@]1(C)CCC2. The van der Waals surface area contributed by atoms with Crippen LogP contribution in [0, 0.1) is 10.8 Å². The maximum absolute atomic E-state index is 2.60. The molecule has 88 valence electrons. The third-order valence-corrected chi connectivity index (χ3v) is 5.56. The Morgan fingerprint density at radius 2 is 1.53 bits per heavy atom. The average Bonchev–Trinajstić information content (AvgIpc) is 2.56. The molecule has 0 aromatic rings. The van der Waals surface area contributed by atoms with E-state index in [1.54, 1.807) is 12.8 Å². The van der Waals surface area contributed by atoms with Crippen LogP contribution in [-0.2, 0) is 0 Å². The summed E-state index contributed by atoms with van der Waals surface area (Å²) in [5, 5.41) is 0. The fourth-order valence-corrected chi connectivity index (χ4v) is 4.44. The maximum atomic E-state index is 2.60. The average molecular weight is 208 g/mol. The minimum absolute atomic E-state index is 0.735. The number of hydrogen-bond donors (Lipinski definition) is 0. The topological polar surface area (TPSA) is 0 Å². The van der Waals surface area contributed by atoms with Crippen LogP contribution in [0.1, 0.15) is 84.5 Å². The molecule has 2 fully saturated rings. The highest BCUT2D eigenvalue weighted by atomic mass is 14.6. The van der Waals surface area contributed by atoms with Gasteiger partial charge >= 0.3 is 0 Å². The minimum Gasteiger partial charge on any atom is -0.0654 e. The number of hydrogen-bond acceptors (Lipinski definition) is 0. The number of rotatable bonds is 4. The second-order valence-corrected chi connectivity index (χ2v) is 6.36. The first-order valence-electron chi connectivity index (χ1n) is 7.22. The van der Waals surface area contributed by atoms with Gasteiger partial charge in [-0.15, -0.1) is 0 Å². The summed E-state index contributed by atoms with van der Waals surface area (Å²) in [6, 6.07) is 0. The highest BCUT2D eigenvalue weighted by molar-refractivity contribution is 5.02. The van der Waals surface area contributed by atoms with Gasteiger partial charge in [0.2, 0.25) is 0 Å². The van der Waals surface area contributed by atoms with Crippen LogP contribution in [0.4, 0.5) is 0 Å². The Hall–Kier alpha value is 0. The summed E-state index contributed by atoms with van der Waals surface area (Å²) in [4.78, 5) is 0. The first kappa shape index (κ1) is 11.5. The van der Waals surface area contributed by atoms with Crippen molar-refractivity contribution in [2.24, 2.45) is 10.8 Å². The van der Waals surface area contributed by atoms with Gasteiger partial charge in [-0.2, -0.15) is 0 Å². The largest absolute Gasteiger partial charge is 0.0654 e. The monoisotopic (exact) mass is 208 g/mol. The molecule has 0 saturated heterocycles.